The maximum Gasteiger partial charge on any atom is 0.0978 e. The predicted octanol–water partition coefficient (Wildman–Crippen LogP) is 14.0. The lowest BCUT2D eigenvalue weighted by atomic mass is 9.94. The molecule has 0 N–H and O–H groups in total. The van der Waals surface area contributed by atoms with Crippen LogP contribution in [0.1, 0.15) is 0 Å². The standard InChI is InChI=1S/C54H32N4/c1-3-9-33(10-4-1)47-27-21-35-17-25-44-43(29-30-55-53(44)51(35)56-47)39-19-23-41-37(31-39)15-16-38-32-40(20-24-42(38)41)48-28-22-36-18-26-46-50(34-11-5-2-6-12-34)45-13-7-8-14-49(45)58-54(46)52(36)57-48/h1-32H. The van der Waals surface area contributed by atoms with Crippen LogP contribution in [-0.4, -0.2) is 19.9 Å². The van der Waals surface area contributed by atoms with E-state index in [1.54, 1.807) is 0 Å². The first-order chi connectivity index (χ1) is 28.7. The molecule has 8 aromatic carbocycles. The van der Waals surface area contributed by atoms with Gasteiger partial charge in [0.25, 0.3) is 0 Å². The van der Waals surface area contributed by atoms with Crippen molar-refractivity contribution in [2.75, 3.05) is 0 Å². The SMILES string of the molecule is c1ccc(-c2ccc3ccc4c(-c5ccc6c(ccc7cc(-c8ccc9ccc%10c(-c%11ccccc%11)c%11ccccc%11nc%10c9n8)ccc76)c5)ccnc4c3n2)cc1. The smallest absolute Gasteiger partial charge is 0.0978 e. The van der Waals surface area contributed by atoms with E-state index in [4.69, 9.17) is 19.9 Å². The van der Waals surface area contributed by atoms with E-state index in [2.05, 4.69) is 170 Å². The van der Waals surface area contributed by atoms with E-state index in [9.17, 15) is 0 Å². The van der Waals surface area contributed by atoms with E-state index < -0.39 is 0 Å². The summed E-state index contributed by atoms with van der Waals surface area (Å²) in [5.74, 6) is 0. The van der Waals surface area contributed by atoms with Crippen molar-refractivity contribution in [3.63, 3.8) is 0 Å². The molecule has 0 radical (unpaired) electrons. The Bertz CT molecular complexity index is 3620. The van der Waals surface area contributed by atoms with Gasteiger partial charge >= 0.3 is 0 Å². The highest BCUT2D eigenvalue weighted by atomic mass is 14.8. The first-order valence-corrected chi connectivity index (χ1v) is 19.6. The molecule has 268 valence electrons. The summed E-state index contributed by atoms with van der Waals surface area (Å²) in [6.07, 6.45) is 1.91. The first-order valence-electron chi connectivity index (χ1n) is 19.6. The predicted molar refractivity (Wildman–Crippen MR) is 242 cm³/mol. The molecular formula is C54H32N4. The van der Waals surface area contributed by atoms with Crippen LogP contribution in [0.25, 0.3) is 121 Å². The van der Waals surface area contributed by atoms with Gasteiger partial charge in [-0.1, -0.05) is 152 Å². The van der Waals surface area contributed by atoms with E-state index >= 15 is 0 Å². The molecule has 0 aliphatic carbocycles. The summed E-state index contributed by atoms with van der Waals surface area (Å²) in [7, 11) is 0. The Labute approximate surface area is 333 Å². The Morgan fingerprint density at radius 1 is 0.293 bits per heavy atom. The van der Waals surface area contributed by atoms with Crippen LogP contribution in [0.5, 0.6) is 0 Å². The van der Waals surface area contributed by atoms with E-state index in [-0.39, 0.29) is 0 Å². The second-order valence-electron chi connectivity index (χ2n) is 15.0. The Morgan fingerprint density at radius 2 is 0.845 bits per heavy atom. The van der Waals surface area contributed by atoms with Crippen LogP contribution in [0, 0.1) is 0 Å². The third kappa shape index (κ3) is 5.16. The van der Waals surface area contributed by atoms with Gasteiger partial charge < -0.3 is 0 Å². The largest absolute Gasteiger partial charge is 0.254 e. The quantitative estimate of drug-likeness (QED) is 0.133. The molecule has 0 fully saturated rings. The van der Waals surface area contributed by atoms with Gasteiger partial charge in [0.05, 0.1) is 39.0 Å². The number of aromatic nitrogens is 4. The molecule has 58 heavy (non-hydrogen) atoms. The lowest BCUT2D eigenvalue weighted by molar-refractivity contribution is 1.37. The highest BCUT2D eigenvalue weighted by Gasteiger charge is 2.16. The monoisotopic (exact) mass is 736 g/mol. The van der Waals surface area contributed by atoms with Gasteiger partial charge in [0.1, 0.15) is 0 Å². The number of fused-ring (bicyclic) bond motifs is 10. The van der Waals surface area contributed by atoms with Gasteiger partial charge in [-0.25, -0.2) is 15.0 Å². The van der Waals surface area contributed by atoms with E-state index in [1.165, 1.54) is 32.7 Å². The number of hydrogen-bond acceptors (Lipinski definition) is 4. The molecule has 0 aliphatic rings. The summed E-state index contributed by atoms with van der Waals surface area (Å²) >= 11 is 0. The van der Waals surface area contributed by atoms with E-state index in [1.807, 2.05) is 24.4 Å². The molecule has 0 bridgehead atoms. The van der Waals surface area contributed by atoms with Crippen molar-refractivity contribution in [2.45, 2.75) is 0 Å². The fourth-order valence-electron chi connectivity index (χ4n) is 8.83. The molecule has 0 atom stereocenters. The summed E-state index contributed by atoms with van der Waals surface area (Å²) in [6.45, 7) is 0. The summed E-state index contributed by atoms with van der Waals surface area (Å²) in [6, 6.07) is 66.7. The van der Waals surface area contributed by atoms with Crippen LogP contribution >= 0.6 is 0 Å². The number of para-hydroxylation sites is 1. The molecule has 4 nitrogen and oxygen atoms in total. The number of benzene rings is 8. The molecule has 4 heterocycles. The Hall–Kier alpha value is -7.82. The van der Waals surface area contributed by atoms with Gasteiger partial charge in [0.15, 0.2) is 0 Å². The average Bonchev–Trinajstić information content (AvgIpc) is 3.30. The number of rotatable bonds is 4. The maximum absolute atomic E-state index is 5.32. The van der Waals surface area contributed by atoms with Crippen LogP contribution in [-0.2, 0) is 0 Å². The van der Waals surface area contributed by atoms with Gasteiger partial charge in [-0.05, 0) is 74.6 Å². The zero-order chi connectivity index (χ0) is 38.2. The number of pyridine rings is 4. The highest BCUT2D eigenvalue weighted by molar-refractivity contribution is 6.17. The highest BCUT2D eigenvalue weighted by Crippen LogP contribution is 2.39. The van der Waals surface area contributed by atoms with E-state index in [0.717, 1.165) is 88.2 Å². The molecule has 12 aromatic rings. The second-order valence-corrected chi connectivity index (χ2v) is 15.0. The van der Waals surface area contributed by atoms with Crippen molar-refractivity contribution in [1.29, 1.82) is 0 Å². The van der Waals surface area contributed by atoms with Crippen molar-refractivity contribution in [3.05, 3.63) is 194 Å². The molecule has 0 aliphatic heterocycles. The van der Waals surface area contributed by atoms with Crippen LogP contribution in [0.4, 0.5) is 0 Å². The summed E-state index contributed by atoms with van der Waals surface area (Å²) in [5.41, 5.74) is 13.3. The van der Waals surface area contributed by atoms with E-state index in [0.29, 0.717) is 0 Å². The van der Waals surface area contributed by atoms with Gasteiger partial charge in [0.2, 0.25) is 0 Å². The molecule has 0 spiro atoms. The molecule has 12 rings (SSSR count). The minimum absolute atomic E-state index is 0.910. The van der Waals surface area contributed by atoms with Gasteiger partial charge in [-0.2, -0.15) is 0 Å². The molecule has 4 aromatic heterocycles. The average molecular weight is 737 g/mol. The third-order valence-corrected chi connectivity index (χ3v) is 11.7. The van der Waals surface area contributed by atoms with Crippen molar-refractivity contribution in [3.8, 4) is 44.8 Å². The van der Waals surface area contributed by atoms with Crippen LogP contribution in [0.2, 0.25) is 0 Å². The number of nitrogens with zero attached hydrogens (tertiary/aromatic N) is 4. The zero-order valence-electron chi connectivity index (χ0n) is 31.3. The first kappa shape index (κ1) is 32.4. The maximum atomic E-state index is 5.32. The van der Waals surface area contributed by atoms with Crippen molar-refractivity contribution in [1.82, 2.24) is 19.9 Å². The van der Waals surface area contributed by atoms with Crippen molar-refractivity contribution < 1.29 is 0 Å². The van der Waals surface area contributed by atoms with Crippen molar-refractivity contribution in [2.24, 2.45) is 0 Å². The van der Waals surface area contributed by atoms with Crippen LogP contribution < -0.4 is 0 Å². The Morgan fingerprint density at radius 3 is 1.59 bits per heavy atom. The lowest BCUT2D eigenvalue weighted by Gasteiger charge is -2.13. The minimum atomic E-state index is 0.910. The Balaban J connectivity index is 0.946. The summed E-state index contributed by atoms with van der Waals surface area (Å²) in [5, 5.41) is 10.3. The second kappa shape index (κ2) is 12.9. The van der Waals surface area contributed by atoms with Gasteiger partial charge in [-0.3, -0.25) is 4.98 Å². The fraction of sp³-hybridized carbons (Fsp3) is 0. The molecule has 0 amide bonds. The Kier molecular flexibility index (Phi) is 7.20. The van der Waals surface area contributed by atoms with Crippen molar-refractivity contribution >= 4 is 76.1 Å². The van der Waals surface area contributed by atoms with Crippen LogP contribution in [0.15, 0.2) is 194 Å². The molecule has 4 heteroatoms. The molecule has 0 saturated heterocycles. The summed E-state index contributed by atoms with van der Waals surface area (Å²) < 4.78 is 0. The lowest BCUT2D eigenvalue weighted by Crippen LogP contribution is -1.93. The summed E-state index contributed by atoms with van der Waals surface area (Å²) in [4.78, 5) is 20.5. The normalized spacial score (nSPS) is 11.8. The molecular weight excluding hydrogens is 705 g/mol. The fourth-order valence-corrected chi connectivity index (χ4v) is 8.83. The van der Waals surface area contributed by atoms with Crippen LogP contribution in [0.3, 0.4) is 0 Å². The number of hydrogen-bond donors (Lipinski definition) is 0. The third-order valence-electron chi connectivity index (χ3n) is 11.7. The minimum Gasteiger partial charge on any atom is -0.254 e. The molecule has 0 saturated carbocycles. The molecule has 0 unspecified atom stereocenters. The zero-order valence-corrected chi connectivity index (χ0v) is 31.3. The topological polar surface area (TPSA) is 51.6 Å². The van der Waals surface area contributed by atoms with Gasteiger partial charge in [-0.15, -0.1) is 0 Å². The van der Waals surface area contributed by atoms with Gasteiger partial charge in [0, 0.05) is 49.8 Å².